The first-order valence-corrected chi connectivity index (χ1v) is 9.96. The fourth-order valence-corrected chi connectivity index (χ4v) is 4.42. The summed E-state index contributed by atoms with van der Waals surface area (Å²) in [4.78, 5) is 14.8. The van der Waals surface area contributed by atoms with Crippen LogP contribution in [0.2, 0.25) is 0 Å². The molecule has 7 heteroatoms. The molecule has 0 bridgehead atoms. The topological polar surface area (TPSA) is 49.8 Å². The Kier molecular flexibility index (Phi) is 5.67. The van der Waals surface area contributed by atoms with Crippen LogP contribution in [-0.4, -0.2) is 35.4 Å². The van der Waals surface area contributed by atoms with Gasteiger partial charge in [-0.15, -0.1) is 0 Å². The Bertz CT molecular complexity index is 694. The lowest BCUT2D eigenvalue weighted by molar-refractivity contribution is -0.189. The number of carbonyl (C=O) groups excluding carboxylic acids is 1. The Morgan fingerprint density at radius 3 is 2.29 bits per heavy atom. The van der Waals surface area contributed by atoms with Crippen LogP contribution in [0.5, 0.6) is 5.75 Å². The maximum absolute atomic E-state index is 13.1. The molecule has 1 aromatic carbocycles. The average molecular weight is 399 g/mol. The second-order valence-corrected chi connectivity index (χ2v) is 8.26. The molecule has 1 saturated heterocycles. The van der Waals surface area contributed by atoms with Crippen LogP contribution in [-0.2, 0) is 4.79 Å². The number of hydrogen-bond acceptors (Lipinski definition) is 3. The molecular weight excluding hydrogens is 371 g/mol. The summed E-state index contributed by atoms with van der Waals surface area (Å²) in [5, 5.41) is 10.6. The van der Waals surface area contributed by atoms with E-state index in [2.05, 4.69) is 0 Å². The van der Waals surface area contributed by atoms with Crippen molar-refractivity contribution in [1.29, 1.82) is 0 Å². The number of carbonyl (C=O) groups is 1. The quantitative estimate of drug-likeness (QED) is 0.770. The summed E-state index contributed by atoms with van der Waals surface area (Å²) >= 11 is 0. The fraction of sp³-hybridized carbons (Fsp3) is 0.667. The van der Waals surface area contributed by atoms with Gasteiger partial charge in [-0.25, -0.2) is 0 Å². The molecule has 1 N–H and O–H groups in total. The molecule has 156 valence electrons. The molecule has 1 atom stereocenters. The Morgan fingerprint density at radius 2 is 1.75 bits per heavy atom. The molecule has 3 rings (SSSR count). The highest BCUT2D eigenvalue weighted by Gasteiger charge is 2.51. The summed E-state index contributed by atoms with van der Waals surface area (Å²) in [6.07, 6.45) is -1.23. The lowest BCUT2D eigenvalue weighted by Gasteiger charge is -2.41. The highest BCUT2D eigenvalue weighted by Crippen LogP contribution is 2.49. The van der Waals surface area contributed by atoms with Crippen molar-refractivity contribution in [3.05, 3.63) is 24.3 Å². The number of nitrogens with zero attached hydrogens (tertiary/aromatic N) is 1. The van der Waals surface area contributed by atoms with E-state index in [0.29, 0.717) is 37.9 Å². The van der Waals surface area contributed by atoms with Crippen molar-refractivity contribution in [2.75, 3.05) is 11.4 Å². The first kappa shape index (κ1) is 21.0. The van der Waals surface area contributed by atoms with E-state index in [1.165, 1.54) is 12.1 Å². The van der Waals surface area contributed by atoms with E-state index >= 15 is 0 Å². The normalized spacial score (nSPS) is 29.4. The summed E-state index contributed by atoms with van der Waals surface area (Å²) in [6, 6.07) is 6.20. The number of ether oxygens (including phenoxy) is 1. The maximum Gasteiger partial charge on any atom is 0.425 e. The molecule has 1 aliphatic heterocycles. The summed E-state index contributed by atoms with van der Waals surface area (Å²) < 4.78 is 42.8. The highest BCUT2D eigenvalue weighted by atomic mass is 19.4. The molecule has 1 saturated carbocycles. The van der Waals surface area contributed by atoms with Crippen LogP contribution >= 0.6 is 0 Å². The molecule has 0 radical (unpaired) electrons. The van der Waals surface area contributed by atoms with Crippen molar-refractivity contribution in [2.45, 2.75) is 76.7 Å². The van der Waals surface area contributed by atoms with Gasteiger partial charge in [-0.2, -0.15) is 13.2 Å². The third-order valence-corrected chi connectivity index (χ3v) is 6.29. The van der Waals surface area contributed by atoms with Crippen LogP contribution in [0, 0.1) is 5.41 Å². The second kappa shape index (κ2) is 7.58. The van der Waals surface area contributed by atoms with Gasteiger partial charge in [0.25, 0.3) is 0 Å². The first-order chi connectivity index (χ1) is 13.1. The molecule has 2 aliphatic rings. The van der Waals surface area contributed by atoms with Gasteiger partial charge in [0.05, 0.1) is 11.0 Å². The van der Waals surface area contributed by atoms with E-state index in [1.54, 1.807) is 17.0 Å². The number of aliphatic hydroxyl groups is 1. The largest absolute Gasteiger partial charge is 0.481 e. The fourth-order valence-electron chi connectivity index (χ4n) is 4.42. The van der Waals surface area contributed by atoms with Crippen molar-refractivity contribution < 1.29 is 27.8 Å². The zero-order valence-corrected chi connectivity index (χ0v) is 16.4. The number of anilines is 1. The Hall–Kier alpha value is -1.76. The van der Waals surface area contributed by atoms with Gasteiger partial charge in [-0.3, -0.25) is 4.79 Å². The van der Waals surface area contributed by atoms with Crippen molar-refractivity contribution in [2.24, 2.45) is 5.41 Å². The number of benzene rings is 1. The summed E-state index contributed by atoms with van der Waals surface area (Å²) in [7, 11) is 0. The molecule has 1 spiro atoms. The van der Waals surface area contributed by atoms with Gasteiger partial charge in [-0.1, -0.05) is 13.3 Å². The van der Waals surface area contributed by atoms with Crippen molar-refractivity contribution in [3.63, 3.8) is 0 Å². The van der Waals surface area contributed by atoms with Gasteiger partial charge in [0.2, 0.25) is 5.91 Å². The standard InChI is InChI=1S/C21H28F3NO3/c1-3-8-20(27)11-9-19(10-12-20)13-14-25(18(19)26)16-4-6-17(7-5-16)28-15(2)21(22,23)24/h4-7,15,27H,3,8-14H2,1-2H3/t15?,19-,20-. The van der Waals surface area contributed by atoms with Gasteiger partial charge >= 0.3 is 6.18 Å². The number of hydrogen-bond donors (Lipinski definition) is 1. The summed E-state index contributed by atoms with van der Waals surface area (Å²) in [5.74, 6) is 0.181. The van der Waals surface area contributed by atoms with Gasteiger partial charge in [-0.05, 0) is 69.7 Å². The van der Waals surface area contributed by atoms with E-state index in [4.69, 9.17) is 4.74 Å². The van der Waals surface area contributed by atoms with Gasteiger partial charge in [0, 0.05) is 12.2 Å². The molecule has 1 amide bonds. The molecule has 28 heavy (non-hydrogen) atoms. The third kappa shape index (κ3) is 4.14. The number of halogens is 3. The number of rotatable bonds is 5. The zero-order chi connectivity index (χ0) is 20.6. The van der Waals surface area contributed by atoms with Gasteiger partial charge in [0.1, 0.15) is 5.75 Å². The first-order valence-electron chi connectivity index (χ1n) is 9.96. The zero-order valence-electron chi connectivity index (χ0n) is 16.4. The highest BCUT2D eigenvalue weighted by molar-refractivity contribution is 6.00. The number of alkyl halides is 3. The predicted octanol–water partition coefficient (Wildman–Crippen LogP) is 4.84. The van der Waals surface area contributed by atoms with Crippen molar-refractivity contribution >= 4 is 11.6 Å². The SMILES string of the molecule is CCC[C@]1(O)CC[C@@]2(CCN(c3ccc(OC(C)C(F)(F)F)cc3)C2=O)CC1. The minimum Gasteiger partial charge on any atom is -0.481 e. The van der Waals surface area contributed by atoms with Crippen LogP contribution in [0.4, 0.5) is 18.9 Å². The van der Waals surface area contributed by atoms with E-state index in [-0.39, 0.29) is 11.7 Å². The van der Waals surface area contributed by atoms with Crippen LogP contribution in [0.15, 0.2) is 24.3 Å². The monoisotopic (exact) mass is 399 g/mol. The Labute approximate surface area is 163 Å². The minimum absolute atomic E-state index is 0.0587. The van der Waals surface area contributed by atoms with E-state index < -0.39 is 23.3 Å². The summed E-state index contributed by atoms with van der Waals surface area (Å²) in [5.41, 5.74) is -0.398. The lowest BCUT2D eigenvalue weighted by atomic mass is 9.67. The van der Waals surface area contributed by atoms with E-state index in [1.807, 2.05) is 6.92 Å². The van der Waals surface area contributed by atoms with Gasteiger partial charge < -0.3 is 14.7 Å². The van der Waals surface area contributed by atoms with E-state index in [0.717, 1.165) is 26.2 Å². The molecule has 0 aromatic heterocycles. The average Bonchev–Trinajstić information content (AvgIpc) is 2.95. The minimum atomic E-state index is -4.42. The van der Waals surface area contributed by atoms with Crippen LogP contribution in [0.3, 0.4) is 0 Å². The molecule has 1 heterocycles. The Morgan fingerprint density at radius 1 is 1.14 bits per heavy atom. The predicted molar refractivity (Wildman–Crippen MR) is 100 cm³/mol. The number of amides is 1. The van der Waals surface area contributed by atoms with Crippen LogP contribution in [0.25, 0.3) is 0 Å². The molecule has 1 aliphatic carbocycles. The molecule has 4 nitrogen and oxygen atoms in total. The second-order valence-electron chi connectivity index (χ2n) is 8.26. The lowest BCUT2D eigenvalue weighted by Crippen LogP contribution is -2.43. The molecular formula is C21H28F3NO3. The maximum atomic E-state index is 13.1. The van der Waals surface area contributed by atoms with E-state index in [9.17, 15) is 23.1 Å². The van der Waals surface area contributed by atoms with Crippen molar-refractivity contribution in [1.82, 2.24) is 0 Å². The molecule has 1 aromatic rings. The van der Waals surface area contributed by atoms with Crippen LogP contribution < -0.4 is 9.64 Å². The van der Waals surface area contributed by atoms with Crippen LogP contribution in [0.1, 0.15) is 58.8 Å². The third-order valence-electron chi connectivity index (χ3n) is 6.29. The summed E-state index contributed by atoms with van der Waals surface area (Å²) in [6.45, 7) is 3.60. The smallest absolute Gasteiger partial charge is 0.425 e. The van der Waals surface area contributed by atoms with Crippen molar-refractivity contribution in [3.8, 4) is 5.75 Å². The molecule has 1 unspecified atom stereocenters. The van der Waals surface area contributed by atoms with Gasteiger partial charge in [0.15, 0.2) is 6.10 Å². The Balaban J connectivity index is 1.65. The molecule has 2 fully saturated rings.